The Morgan fingerprint density at radius 3 is 2.32 bits per heavy atom. The molecule has 0 saturated heterocycles. The van der Waals surface area contributed by atoms with Crippen molar-refractivity contribution in [3.05, 3.63) is 56.1 Å². The lowest BCUT2D eigenvalue weighted by Gasteiger charge is -2.14. The number of nitrogens with one attached hydrogen (secondary N) is 1. The molecule has 1 atom stereocenters. The zero-order valence-electron chi connectivity index (χ0n) is 10.8. The largest absolute Gasteiger partial charge is 0.457 e. The summed E-state index contributed by atoms with van der Waals surface area (Å²) >= 11 is 5.87. The lowest BCUT2D eigenvalue weighted by atomic mass is 10.1. The molecule has 0 amide bonds. The number of halogens is 2. The number of benzene rings is 2. The van der Waals surface area contributed by atoms with Crippen LogP contribution >= 0.6 is 38.5 Å². The van der Waals surface area contributed by atoms with Gasteiger partial charge in [-0.15, -0.1) is 0 Å². The van der Waals surface area contributed by atoms with E-state index in [-0.39, 0.29) is 0 Å². The Morgan fingerprint density at radius 1 is 1.11 bits per heavy atom. The van der Waals surface area contributed by atoms with Crippen molar-refractivity contribution in [3.8, 4) is 11.5 Å². The van der Waals surface area contributed by atoms with Crippen LogP contribution in [-0.4, -0.2) is 7.05 Å². The average molecular weight is 432 g/mol. The van der Waals surface area contributed by atoms with Crippen LogP contribution in [0.2, 0.25) is 0 Å². The molecule has 0 heterocycles. The van der Waals surface area contributed by atoms with Gasteiger partial charge >= 0.3 is 0 Å². The van der Waals surface area contributed by atoms with Crippen LogP contribution in [0.5, 0.6) is 11.5 Å². The van der Waals surface area contributed by atoms with Gasteiger partial charge in [-0.2, -0.15) is 0 Å². The highest BCUT2D eigenvalue weighted by Crippen LogP contribution is 2.30. The predicted octanol–water partition coefficient (Wildman–Crippen LogP) is 5.13. The highest BCUT2D eigenvalue weighted by atomic mass is 127. The second kappa shape index (κ2) is 6.72. The molecule has 1 N–H and O–H groups in total. The van der Waals surface area contributed by atoms with E-state index in [1.807, 2.05) is 43.4 Å². The number of hydrogen-bond donors (Lipinski definition) is 1. The fourth-order valence-electron chi connectivity index (χ4n) is 1.72. The summed E-state index contributed by atoms with van der Waals surface area (Å²) in [5.74, 6) is 1.68. The normalized spacial score (nSPS) is 12.2. The van der Waals surface area contributed by atoms with Crippen LogP contribution in [0, 0.1) is 3.57 Å². The maximum atomic E-state index is 5.83. The third-order valence-electron chi connectivity index (χ3n) is 2.92. The minimum atomic E-state index is 0.307. The first-order valence-electron chi connectivity index (χ1n) is 6.00. The summed E-state index contributed by atoms with van der Waals surface area (Å²) in [7, 11) is 1.95. The number of ether oxygens (including phenoxy) is 1. The van der Waals surface area contributed by atoms with Crippen LogP contribution in [0.3, 0.4) is 0 Å². The number of rotatable bonds is 4. The summed E-state index contributed by atoms with van der Waals surface area (Å²) in [6.07, 6.45) is 0. The Morgan fingerprint density at radius 2 is 1.74 bits per heavy atom. The van der Waals surface area contributed by atoms with Crippen molar-refractivity contribution in [1.29, 1.82) is 0 Å². The van der Waals surface area contributed by atoms with E-state index in [4.69, 9.17) is 4.74 Å². The molecule has 2 aromatic rings. The maximum absolute atomic E-state index is 5.83. The van der Waals surface area contributed by atoms with E-state index in [1.54, 1.807) is 0 Å². The topological polar surface area (TPSA) is 21.3 Å². The van der Waals surface area contributed by atoms with Crippen LogP contribution in [0.25, 0.3) is 0 Å². The Kier molecular flexibility index (Phi) is 5.24. The first-order chi connectivity index (χ1) is 9.10. The Bertz CT molecular complexity index is 557. The number of hydrogen-bond acceptors (Lipinski definition) is 2. The van der Waals surface area contributed by atoms with Crippen LogP contribution in [0.15, 0.2) is 46.9 Å². The first-order valence-corrected chi connectivity index (χ1v) is 7.87. The summed E-state index contributed by atoms with van der Waals surface area (Å²) < 4.78 is 8.08. The Hall–Kier alpha value is -0.590. The molecule has 4 heteroatoms. The minimum Gasteiger partial charge on any atom is -0.457 e. The van der Waals surface area contributed by atoms with Gasteiger partial charge < -0.3 is 10.1 Å². The molecule has 0 aromatic heterocycles. The van der Waals surface area contributed by atoms with Gasteiger partial charge in [0.25, 0.3) is 0 Å². The van der Waals surface area contributed by atoms with Crippen molar-refractivity contribution in [2.45, 2.75) is 13.0 Å². The third-order valence-corrected chi connectivity index (χ3v) is 4.33. The first kappa shape index (κ1) is 14.8. The van der Waals surface area contributed by atoms with Crippen molar-refractivity contribution >= 4 is 38.5 Å². The van der Waals surface area contributed by atoms with Gasteiger partial charge in [0, 0.05) is 14.1 Å². The van der Waals surface area contributed by atoms with Gasteiger partial charge in [-0.05, 0) is 78.5 Å². The molecule has 0 spiro atoms. The van der Waals surface area contributed by atoms with E-state index in [0.29, 0.717) is 6.04 Å². The summed E-state index contributed by atoms with van der Waals surface area (Å²) in [5, 5.41) is 3.23. The minimum absolute atomic E-state index is 0.307. The van der Waals surface area contributed by atoms with Crippen LogP contribution in [-0.2, 0) is 0 Å². The molecule has 0 fully saturated rings. The van der Waals surface area contributed by atoms with Gasteiger partial charge in [0.1, 0.15) is 11.5 Å². The highest BCUT2D eigenvalue weighted by molar-refractivity contribution is 14.1. The lowest BCUT2D eigenvalue weighted by Crippen LogP contribution is -2.12. The fraction of sp³-hybridized carbons (Fsp3) is 0.200. The maximum Gasteiger partial charge on any atom is 0.128 e. The second-order valence-corrected chi connectivity index (χ2v) is 6.35. The molecule has 1 unspecified atom stereocenters. The molecule has 0 saturated carbocycles. The van der Waals surface area contributed by atoms with E-state index >= 15 is 0 Å². The predicted molar refractivity (Wildman–Crippen MR) is 90.8 cm³/mol. The quantitative estimate of drug-likeness (QED) is 0.678. The molecule has 0 radical (unpaired) electrons. The van der Waals surface area contributed by atoms with Crippen molar-refractivity contribution in [2.24, 2.45) is 0 Å². The SMILES string of the molecule is CNC(C)c1ccc(Oc2ccc(I)cc2)cc1Br. The van der Waals surface area contributed by atoms with Crippen LogP contribution in [0.4, 0.5) is 0 Å². The zero-order valence-corrected chi connectivity index (χ0v) is 14.5. The Labute approximate surface area is 135 Å². The molecule has 0 aliphatic rings. The standard InChI is InChI=1S/C15H15BrINO/c1-10(18-2)14-8-7-13(9-15(14)16)19-12-5-3-11(17)4-6-12/h3-10,18H,1-2H3. The van der Waals surface area contributed by atoms with Gasteiger partial charge in [-0.3, -0.25) is 0 Å². The van der Waals surface area contributed by atoms with Crippen molar-refractivity contribution in [3.63, 3.8) is 0 Å². The monoisotopic (exact) mass is 431 g/mol. The van der Waals surface area contributed by atoms with Crippen LogP contribution < -0.4 is 10.1 Å². The molecule has 19 heavy (non-hydrogen) atoms. The summed E-state index contributed by atoms with van der Waals surface area (Å²) in [5.41, 5.74) is 1.22. The molecule has 2 rings (SSSR count). The summed E-state index contributed by atoms with van der Waals surface area (Å²) in [6.45, 7) is 2.12. The lowest BCUT2D eigenvalue weighted by molar-refractivity contribution is 0.481. The molecule has 100 valence electrons. The summed E-state index contributed by atoms with van der Waals surface area (Å²) in [4.78, 5) is 0. The fourth-order valence-corrected chi connectivity index (χ4v) is 2.78. The zero-order chi connectivity index (χ0) is 13.8. The molecular weight excluding hydrogens is 417 g/mol. The van der Waals surface area contributed by atoms with Gasteiger partial charge in [0.2, 0.25) is 0 Å². The van der Waals surface area contributed by atoms with E-state index in [0.717, 1.165) is 16.0 Å². The second-order valence-electron chi connectivity index (χ2n) is 4.25. The molecule has 2 nitrogen and oxygen atoms in total. The molecular formula is C15H15BrINO. The van der Waals surface area contributed by atoms with Gasteiger partial charge in [0.05, 0.1) is 0 Å². The van der Waals surface area contributed by atoms with E-state index in [2.05, 4.69) is 56.8 Å². The van der Waals surface area contributed by atoms with Gasteiger partial charge in [-0.1, -0.05) is 22.0 Å². The van der Waals surface area contributed by atoms with Gasteiger partial charge in [-0.25, -0.2) is 0 Å². The van der Waals surface area contributed by atoms with Crippen LogP contribution in [0.1, 0.15) is 18.5 Å². The van der Waals surface area contributed by atoms with Crippen molar-refractivity contribution in [2.75, 3.05) is 7.05 Å². The molecule has 0 aliphatic heterocycles. The summed E-state index contributed by atoms with van der Waals surface area (Å²) in [6, 6.07) is 14.4. The molecule has 0 bridgehead atoms. The van der Waals surface area contributed by atoms with E-state index in [1.165, 1.54) is 9.13 Å². The van der Waals surface area contributed by atoms with E-state index in [9.17, 15) is 0 Å². The smallest absolute Gasteiger partial charge is 0.128 e. The van der Waals surface area contributed by atoms with Crippen molar-refractivity contribution in [1.82, 2.24) is 5.32 Å². The Balaban J connectivity index is 2.18. The van der Waals surface area contributed by atoms with E-state index < -0.39 is 0 Å². The van der Waals surface area contributed by atoms with Crippen molar-refractivity contribution < 1.29 is 4.74 Å². The highest BCUT2D eigenvalue weighted by Gasteiger charge is 2.08. The van der Waals surface area contributed by atoms with Gasteiger partial charge in [0.15, 0.2) is 0 Å². The molecule has 0 aliphatic carbocycles. The molecule has 2 aromatic carbocycles. The average Bonchev–Trinajstić information content (AvgIpc) is 2.41. The third kappa shape index (κ3) is 3.94.